The zero-order valence-corrected chi connectivity index (χ0v) is 18.5. The fraction of sp³-hybridized carbons (Fsp3) is 0.273. The van der Waals surface area contributed by atoms with Gasteiger partial charge in [0.05, 0.1) is 11.4 Å². The fourth-order valence-electron chi connectivity index (χ4n) is 1.86. The Balaban J connectivity index is 2.05. The maximum absolute atomic E-state index is 4.30. The normalized spacial score (nSPS) is 11.5. The van der Waals surface area contributed by atoms with Crippen LogP contribution in [0.5, 0.6) is 0 Å². The third kappa shape index (κ3) is 7.65. The lowest BCUT2D eigenvalue weighted by molar-refractivity contribution is 1.23. The van der Waals surface area contributed by atoms with Crippen LogP contribution in [0.25, 0.3) is 0 Å². The van der Waals surface area contributed by atoms with E-state index in [4.69, 9.17) is 0 Å². The second-order valence-corrected chi connectivity index (χ2v) is 17.8. The molecule has 0 unspecified atom stereocenters. The van der Waals surface area contributed by atoms with Gasteiger partial charge < -0.3 is 0 Å². The van der Waals surface area contributed by atoms with Crippen molar-refractivity contribution < 1.29 is 0 Å². The van der Waals surface area contributed by atoms with Gasteiger partial charge in [-0.2, -0.15) is 10.2 Å². The van der Waals surface area contributed by atoms with E-state index >= 15 is 0 Å². The number of rotatable bonds is 2. The van der Waals surface area contributed by atoms with Crippen LogP contribution in [0.15, 0.2) is 58.8 Å². The zero-order valence-electron chi connectivity index (χ0n) is 16.5. The number of hydrogen-bond donors (Lipinski definition) is 0. The summed E-state index contributed by atoms with van der Waals surface area (Å²) < 4.78 is 0. The summed E-state index contributed by atoms with van der Waals surface area (Å²) in [4.78, 5) is 0. The van der Waals surface area contributed by atoms with Crippen LogP contribution in [-0.4, -0.2) is 16.1 Å². The first kappa shape index (κ1) is 19.9. The molecule has 0 fully saturated rings. The predicted molar refractivity (Wildman–Crippen MR) is 118 cm³/mol. The van der Waals surface area contributed by atoms with Gasteiger partial charge in [0.15, 0.2) is 0 Å². The molecule has 0 saturated heterocycles. The third-order valence-electron chi connectivity index (χ3n) is 3.18. The van der Waals surface area contributed by atoms with Crippen LogP contribution in [-0.2, 0) is 0 Å². The van der Waals surface area contributed by atoms with Gasteiger partial charge in [-0.15, -0.1) is 11.1 Å². The highest BCUT2D eigenvalue weighted by Gasteiger charge is 2.08. The van der Waals surface area contributed by atoms with Crippen LogP contribution >= 0.6 is 0 Å². The first-order valence-corrected chi connectivity index (χ1v) is 15.8. The molecule has 0 aromatic heterocycles. The molecule has 0 bridgehead atoms. The van der Waals surface area contributed by atoms with Crippen molar-refractivity contribution in [3.63, 3.8) is 0 Å². The molecule has 4 heteroatoms. The van der Waals surface area contributed by atoms with E-state index in [9.17, 15) is 0 Å². The van der Waals surface area contributed by atoms with Gasteiger partial charge in [0.25, 0.3) is 0 Å². The molecule has 0 N–H and O–H groups in total. The van der Waals surface area contributed by atoms with Crippen LogP contribution in [0.1, 0.15) is 11.1 Å². The number of benzene rings is 2. The van der Waals surface area contributed by atoms with E-state index in [0.717, 1.165) is 22.5 Å². The molecular formula is C22H26N2Si2. The van der Waals surface area contributed by atoms with E-state index in [1.807, 2.05) is 48.5 Å². The minimum Gasteiger partial charge on any atom is -0.151 e. The molecule has 0 amide bonds. The van der Waals surface area contributed by atoms with Gasteiger partial charge in [0.1, 0.15) is 16.1 Å². The van der Waals surface area contributed by atoms with Crippen LogP contribution in [0.2, 0.25) is 39.3 Å². The number of hydrogen-bond acceptors (Lipinski definition) is 2. The van der Waals surface area contributed by atoms with Crippen LogP contribution < -0.4 is 0 Å². The quantitative estimate of drug-likeness (QED) is 0.323. The molecule has 0 aliphatic rings. The Kier molecular flexibility index (Phi) is 6.37. The molecule has 0 spiro atoms. The van der Waals surface area contributed by atoms with E-state index in [2.05, 4.69) is 72.4 Å². The molecule has 0 radical (unpaired) electrons. The minimum atomic E-state index is -1.34. The van der Waals surface area contributed by atoms with Crippen molar-refractivity contribution in [2.24, 2.45) is 10.2 Å². The molecule has 2 aromatic carbocycles. The molecule has 0 heterocycles. The van der Waals surface area contributed by atoms with Gasteiger partial charge in [-0.05, 0) is 48.5 Å². The molecular weight excluding hydrogens is 348 g/mol. The van der Waals surface area contributed by atoms with Crippen molar-refractivity contribution in [3.8, 4) is 22.9 Å². The van der Waals surface area contributed by atoms with Crippen molar-refractivity contribution >= 4 is 27.5 Å². The highest BCUT2D eigenvalue weighted by molar-refractivity contribution is 6.84. The molecule has 0 saturated carbocycles. The number of azo groups is 1. The largest absolute Gasteiger partial charge is 0.151 e. The topological polar surface area (TPSA) is 24.7 Å². The zero-order chi connectivity index (χ0) is 19.2. The molecule has 132 valence electrons. The fourth-order valence-corrected chi connectivity index (χ4v) is 2.90. The maximum Gasteiger partial charge on any atom is 0.129 e. The van der Waals surface area contributed by atoms with Gasteiger partial charge in [-0.3, -0.25) is 0 Å². The molecule has 2 nitrogen and oxygen atoms in total. The average molecular weight is 375 g/mol. The first-order valence-electron chi connectivity index (χ1n) is 8.79. The lowest BCUT2D eigenvalue weighted by atomic mass is 10.2. The van der Waals surface area contributed by atoms with E-state index in [1.165, 1.54) is 0 Å². The van der Waals surface area contributed by atoms with E-state index < -0.39 is 16.1 Å². The second-order valence-electron chi connectivity index (χ2n) is 8.29. The Hall–Kier alpha value is -2.41. The molecule has 2 rings (SSSR count). The Labute approximate surface area is 159 Å². The molecule has 0 aliphatic heterocycles. The molecule has 26 heavy (non-hydrogen) atoms. The first-order chi connectivity index (χ1) is 12.1. The SMILES string of the molecule is C[Si](C)(C)C#Cc1ccc(/N=N/c2ccc(C#C[Si](C)(C)C)cc2)cc1. The van der Waals surface area contributed by atoms with E-state index in [0.29, 0.717) is 0 Å². The maximum atomic E-state index is 4.30. The predicted octanol–water partition coefficient (Wildman–Crippen LogP) is 6.56. The third-order valence-corrected chi connectivity index (χ3v) is 4.93. The smallest absolute Gasteiger partial charge is 0.129 e. The Morgan fingerprint density at radius 2 is 0.846 bits per heavy atom. The summed E-state index contributed by atoms with van der Waals surface area (Å²) in [6.07, 6.45) is 0. The average Bonchev–Trinajstić information content (AvgIpc) is 2.57. The number of nitrogens with zero attached hydrogens (tertiary/aromatic N) is 2. The molecule has 0 aliphatic carbocycles. The highest BCUT2D eigenvalue weighted by atomic mass is 28.3. The van der Waals surface area contributed by atoms with Crippen molar-refractivity contribution in [1.29, 1.82) is 0 Å². The summed E-state index contributed by atoms with van der Waals surface area (Å²) in [5.41, 5.74) is 10.4. The molecule has 0 atom stereocenters. The minimum absolute atomic E-state index is 0.825. The van der Waals surface area contributed by atoms with Crippen LogP contribution in [0.4, 0.5) is 11.4 Å². The van der Waals surface area contributed by atoms with E-state index in [1.54, 1.807) is 0 Å². The second kappa shape index (κ2) is 8.32. The molecule has 2 aromatic rings. The van der Waals surface area contributed by atoms with Gasteiger partial charge >= 0.3 is 0 Å². The summed E-state index contributed by atoms with van der Waals surface area (Å²) in [5.74, 6) is 6.49. The Bertz CT molecular complexity index is 813. The lowest BCUT2D eigenvalue weighted by Gasteiger charge is -2.03. The van der Waals surface area contributed by atoms with Crippen molar-refractivity contribution in [2.45, 2.75) is 39.3 Å². The summed E-state index contributed by atoms with van der Waals surface area (Å²) >= 11 is 0. The van der Waals surface area contributed by atoms with Gasteiger partial charge in [-0.1, -0.05) is 51.1 Å². The van der Waals surface area contributed by atoms with Gasteiger partial charge in [-0.25, -0.2) is 0 Å². The van der Waals surface area contributed by atoms with E-state index in [-0.39, 0.29) is 0 Å². The van der Waals surface area contributed by atoms with Crippen molar-refractivity contribution in [3.05, 3.63) is 59.7 Å². The van der Waals surface area contributed by atoms with Crippen molar-refractivity contribution in [1.82, 2.24) is 0 Å². The highest BCUT2D eigenvalue weighted by Crippen LogP contribution is 2.19. The Morgan fingerprint density at radius 1 is 0.538 bits per heavy atom. The van der Waals surface area contributed by atoms with Gasteiger partial charge in [0.2, 0.25) is 0 Å². The van der Waals surface area contributed by atoms with Crippen LogP contribution in [0, 0.1) is 22.9 Å². The lowest BCUT2D eigenvalue weighted by Crippen LogP contribution is -2.16. The van der Waals surface area contributed by atoms with Crippen molar-refractivity contribution in [2.75, 3.05) is 0 Å². The standard InChI is InChI=1S/C22H26N2Si2/c1-25(2,3)17-15-19-7-11-21(12-8-19)23-24-22-13-9-20(10-14-22)16-18-26(4,5)6/h7-14H,1-6H3/b24-23+. The van der Waals surface area contributed by atoms with Crippen LogP contribution in [0.3, 0.4) is 0 Å². The summed E-state index contributed by atoms with van der Waals surface area (Å²) in [5, 5.41) is 8.60. The Morgan fingerprint density at radius 3 is 1.12 bits per heavy atom. The monoisotopic (exact) mass is 374 g/mol. The summed E-state index contributed by atoms with van der Waals surface area (Å²) in [7, 11) is -2.69. The summed E-state index contributed by atoms with van der Waals surface area (Å²) in [6.45, 7) is 13.4. The van der Waals surface area contributed by atoms with Gasteiger partial charge in [0, 0.05) is 11.1 Å². The summed E-state index contributed by atoms with van der Waals surface area (Å²) in [6, 6.07) is 15.8.